The first kappa shape index (κ1) is 12.9. The molecule has 1 aromatic carbocycles. The van der Waals surface area contributed by atoms with Gasteiger partial charge >= 0.3 is 6.61 Å². The van der Waals surface area contributed by atoms with Gasteiger partial charge in [0, 0.05) is 0 Å². The van der Waals surface area contributed by atoms with Crippen molar-refractivity contribution in [3.63, 3.8) is 0 Å². The lowest BCUT2D eigenvalue weighted by molar-refractivity contribution is -0.0503. The Bertz CT molecular complexity index is 367. The minimum Gasteiger partial charge on any atom is -0.435 e. The summed E-state index contributed by atoms with van der Waals surface area (Å²) in [4.78, 5) is 0. The van der Waals surface area contributed by atoms with Crippen LogP contribution >= 0.6 is 0 Å². The molecule has 1 unspecified atom stereocenters. The number of hydrogen-bond donors (Lipinski definition) is 2. The van der Waals surface area contributed by atoms with Gasteiger partial charge in [0.05, 0.1) is 12.1 Å². The van der Waals surface area contributed by atoms with Gasteiger partial charge in [-0.25, -0.2) is 0 Å². The first-order valence-corrected chi connectivity index (χ1v) is 4.82. The molecule has 0 radical (unpaired) electrons. The molecule has 0 saturated heterocycles. The zero-order valence-corrected chi connectivity index (χ0v) is 9.21. The van der Waals surface area contributed by atoms with E-state index in [1.54, 1.807) is 26.0 Å². The zero-order valence-electron chi connectivity index (χ0n) is 9.21. The molecule has 16 heavy (non-hydrogen) atoms. The fraction of sp³-hybridized carbons (Fsp3) is 0.455. The predicted molar refractivity (Wildman–Crippen MR) is 56.4 cm³/mol. The maximum absolute atomic E-state index is 12.1. The van der Waals surface area contributed by atoms with Crippen LogP contribution in [0.15, 0.2) is 18.2 Å². The van der Waals surface area contributed by atoms with Crippen LogP contribution in [0.3, 0.4) is 0 Å². The number of rotatable bonds is 4. The molecule has 0 bridgehead atoms. The van der Waals surface area contributed by atoms with Gasteiger partial charge in [0.2, 0.25) is 0 Å². The van der Waals surface area contributed by atoms with Crippen LogP contribution in [-0.4, -0.2) is 18.3 Å². The molecule has 0 fully saturated rings. The Balaban J connectivity index is 3.07. The van der Waals surface area contributed by atoms with Gasteiger partial charge < -0.3 is 15.6 Å². The highest BCUT2D eigenvalue weighted by molar-refractivity contribution is 5.39. The van der Waals surface area contributed by atoms with E-state index in [2.05, 4.69) is 4.74 Å². The number of halogens is 2. The summed E-state index contributed by atoms with van der Waals surface area (Å²) in [5.74, 6) is 0.0811. The van der Waals surface area contributed by atoms with Crippen LogP contribution in [0.1, 0.15) is 18.1 Å². The van der Waals surface area contributed by atoms with Crippen molar-refractivity contribution >= 4 is 0 Å². The smallest absolute Gasteiger partial charge is 0.387 e. The second-order valence-corrected chi connectivity index (χ2v) is 3.93. The SMILES string of the molecule is Cc1ccc(C(C)(N)CO)cc1OC(F)F. The highest BCUT2D eigenvalue weighted by atomic mass is 19.3. The first-order chi connectivity index (χ1) is 7.36. The number of aliphatic hydroxyl groups excluding tert-OH is 1. The third-order valence-electron chi connectivity index (χ3n) is 2.39. The van der Waals surface area contributed by atoms with E-state index in [1.807, 2.05) is 0 Å². The second-order valence-electron chi connectivity index (χ2n) is 3.93. The molecule has 0 aliphatic rings. The van der Waals surface area contributed by atoms with Gasteiger partial charge in [0.15, 0.2) is 0 Å². The maximum atomic E-state index is 12.1. The van der Waals surface area contributed by atoms with E-state index in [0.717, 1.165) is 0 Å². The molecule has 1 aromatic rings. The van der Waals surface area contributed by atoms with Crippen molar-refractivity contribution in [2.75, 3.05) is 6.61 Å². The third kappa shape index (κ3) is 2.90. The molecule has 3 N–H and O–H groups in total. The van der Waals surface area contributed by atoms with Crippen molar-refractivity contribution in [1.82, 2.24) is 0 Å². The Kier molecular flexibility index (Phi) is 3.83. The Morgan fingerprint density at radius 1 is 1.50 bits per heavy atom. The molecular weight excluding hydrogens is 216 g/mol. The lowest BCUT2D eigenvalue weighted by Gasteiger charge is -2.23. The molecule has 5 heteroatoms. The van der Waals surface area contributed by atoms with E-state index < -0.39 is 12.2 Å². The number of ether oxygens (including phenoxy) is 1. The topological polar surface area (TPSA) is 55.5 Å². The summed E-state index contributed by atoms with van der Waals surface area (Å²) in [7, 11) is 0. The third-order valence-corrected chi connectivity index (χ3v) is 2.39. The van der Waals surface area contributed by atoms with Crippen molar-refractivity contribution < 1.29 is 18.6 Å². The highest BCUT2D eigenvalue weighted by Crippen LogP contribution is 2.26. The van der Waals surface area contributed by atoms with E-state index in [1.165, 1.54) is 6.07 Å². The number of aliphatic hydroxyl groups is 1. The largest absolute Gasteiger partial charge is 0.435 e. The first-order valence-electron chi connectivity index (χ1n) is 4.82. The molecule has 0 aliphatic heterocycles. The Morgan fingerprint density at radius 2 is 2.12 bits per heavy atom. The maximum Gasteiger partial charge on any atom is 0.387 e. The second kappa shape index (κ2) is 4.76. The van der Waals surface area contributed by atoms with E-state index in [-0.39, 0.29) is 12.4 Å². The van der Waals surface area contributed by atoms with Gasteiger partial charge in [-0.3, -0.25) is 0 Å². The zero-order chi connectivity index (χ0) is 12.3. The van der Waals surface area contributed by atoms with Crippen molar-refractivity contribution in [1.29, 1.82) is 0 Å². The molecule has 3 nitrogen and oxygen atoms in total. The van der Waals surface area contributed by atoms with E-state index in [9.17, 15) is 8.78 Å². The number of aryl methyl sites for hydroxylation is 1. The van der Waals surface area contributed by atoms with Gasteiger partial charge in [-0.05, 0) is 31.0 Å². The van der Waals surface area contributed by atoms with Crippen LogP contribution in [-0.2, 0) is 5.54 Å². The molecular formula is C11H15F2NO2. The lowest BCUT2D eigenvalue weighted by Crippen LogP contribution is -2.36. The van der Waals surface area contributed by atoms with Crippen LogP contribution < -0.4 is 10.5 Å². The average Bonchev–Trinajstić information content (AvgIpc) is 2.20. The number of hydrogen-bond acceptors (Lipinski definition) is 3. The normalized spacial score (nSPS) is 14.9. The van der Waals surface area contributed by atoms with Crippen LogP contribution in [0.5, 0.6) is 5.75 Å². The van der Waals surface area contributed by atoms with E-state index >= 15 is 0 Å². The van der Waals surface area contributed by atoms with Gasteiger partial charge in [-0.15, -0.1) is 0 Å². The quantitative estimate of drug-likeness (QED) is 0.830. The van der Waals surface area contributed by atoms with E-state index in [4.69, 9.17) is 10.8 Å². The lowest BCUT2D eigenvalue weighted by atomic mass is 9.93. The minimum absolute atomic E-state index is 0.0811. The number of benzene rings is 1. The van der Waals surface area contributed by atoms with Crippen molar-refractivity contribution in [3.8, 4) is 5.75 Å². The summed E-state index contributed by atoms with van der Waals surface area (Å²) in [6.07, 6.45) is 0. The molecule has 0 spiro atoms. The monoisotopic (exact) mass is 231 g/mol. The van der Waals surface area contributed by atoms with Crippen molar-refractivity contribution in [3.05, 3.63) is 29.3 Å². The summed E-state index contributed by atoms with van der Waals surface area (Å²) in [5.41, 5.74) is 5.98. The molecule has 1 rings (SSSR count). The molecule has 1 atom stereocenters. The van der Waals surface area contributed by atoms with Gasteiger partial charge in [0.25, 0.3) is 0 Å². The molecule has 0 saturated carbocycles. The standard InChI is InChI=1S/C11H15F2NO2/c1-7-3-4-8(11(2,14)6-15)5-9(7)16-10(12)13/h3-5,10,15H,6,14H2,1-2H3. The number of alkyl halides is 2. The Labute approximate surface area is 92.8 Å². The molecule has 0 amide bonds. The Morgan fingerprint density at radius 3 is 2.62 bits per heavy atom. The average molecular weight is 231 g/mol. The fourth-order valence-electron chi connectivity index (χ4n) is 1.27. The van der Waals surface area contributed by atoms with Gasteiger partial charge in [-0.2, -0.15) is 8.78 Å². The fourth-order valence-corrected chi connectivity index (χ4v) is 1.27. The van der Waals surface area contributed by atoms with Crippen molar-refractivity contribution in [2.45, 2.75) is 26.0 Å². The molecule has 0 aliphatic carbocycles. The highest BCUT2D eigenvalue weighted by Gasteiger charge is 2.21. The summed E-state index contributed by atoms with van der Waals surface area (Å²) >= 11 is 0. The molecule has 90 valence electrons. The van der Waals surface area contributed by atoms with E-state index in [0.29, 0.717) is 11.1 Å². The Hall–Kier alpha value is -1.20. The molecule has 0 aromatic heterocycles. The molecule has 0 heterocycles. The van der Waals surface area contributed by atoms with Crippen LogP contribution in [0, 0.1) is 6.92 Å². The summed E-state index contributed by atoms with van der Waals surface area (Å²) < 4.78 is 28.6. The van der Waals surface area contributed by atoms with Crippen molar-refractivity contribution in [2.24, 2.45) is 5.73 Å². The van der Waals surface area contributed by atoms with Crippen LogP contribution in [0.25, 0.3) is 0 Å². The summed E-state index contributed by atoms with van der Waals surface area (Å²) in [5, 5.41) is 9.08. The predicted octanol–water partition coefficient (Wildman–Crippen LogP) is 1.76. The van der Waals surface area contributed by atoms with Crippen LogP contribution in [0.4, 0.5) is 8.78 Å². The van der Waals surface area contributed by atoms with Gasteiger partial charge in [-0.1, -0.05) is 12.1 Å². The summed E-state index contributed by atoms with van der Waals surface area (Å²) in [6, 6.07) is 4.75. The van der Waals surface area contributed by atoms with Crippen LogP contribution in [0.2, 0.25) is 0 Å². The number of nitrogens with two attached hydrogens (primary N) is 1. The minimum atomic E-state index is -2.87. The van der Waals surface area contributed by atoms with Gasteiger partial charge in [0.1, 0.15) is 5.75 Å². The summed E-state index contributed by atoms with van der Waals surface area (Å²) in [6.45, 7) is 0.134.